The Kier molecular flexibility index (Phi) is 7.13. The monoisotopic (exact) mass is 742 g/mol. The van der Waals surface area contributed by atoms with Gasteiger partial charge in [-0.15, -0.1) is 0 Å². The zero-order chi connectivity index (χ0) is 38.2. The molecule has 0 amide bonds. The highest BCUT2D eigenvalue weighted by Gasteiger charge is 2.20. The molecule has 0 bridgehead atoms. The Bertz CT molecular complexity index is 3580. The summed E-state index contributed by atoms with van der Waals surface area (Å²) >= 11 is 0. The lowest BCUT2D eigenvalue weighted by molar-refractivity contribution is 0.622. The third-order valence-electron chi connectivity index (χ3n) is 11.1. The molecule has 0 radical (unpaired) electrons. The lowest BCUT2D eigenvalue weighted by atomic mass is 9.97. The summed E-state index contributed by atoms with van der Waals surface area (Å²) in [6.07, 6.45) is 0. The van der Waals surface area contributed by atoms with Gasteiger partial charge in [0.2, 0.25) is 5.89 Å². The summed E-state index contributed by atoms with van der Waals surface area (Å²) in [5.41, 5.74) is 8.83. The van der Waals surface area contributed by atoms with Gasteiger partial charge in [0.1, 0.15) is 16.7 Å². The first-order valence-electron chi connectivity index (χ1n) is 19.3. The first-order valence-corrected chi connectivity index (χ1v) is 19.3. The quantitative estimate of drug-likeness (QED) is 0.175. The Morgan fingerprint density at radius 3 is 1.81 bits per heavy atom. The number of aromatic nitrogens is 4. The number of hydrogen-bond donors (Lipinski definition) is 0. The third kappa shape index (κ3) is 5.27. The van der Waals surface area contributed by atoms with Gasteiger partial charge in [-0.3, -0.25) is 0 Å². The van der Waals surface area contributed by atoms with Gasteiger partial charge in [-0.25, -0.2) is 19.9 Å². The Labute approximate surface area is 331 Å². The summed E-state index contributed by atoms with van der Waals surface area (Å²) in [5.74, 6) is 2.35. The zero-order valence-corrected chi connectivity index (χ0v) is 30.9. The van der Waals surface area contributed by atoms with Gasteiger partial charge in [0.15, 0.2) is 23.1 Å². The van der Waals surface area contributed by atoms with Gasteiger partial charge in [-0.05, 0) is 85.9 Å². The maximum absolute atomic E-state index is 6.64. The highest BCUT2D eigenvalue weighted by atomic mass is 16.4. The van der Waals surface area contributed by atoms with E-state index in [1.54, 1.807) is 0 Å². The summed E-state index contributed by atoms with van der Waals surface area (Å²) < 4.78 is 13.1. The van der Waals surface area contributed by atoms with E-state index in [0.29, 0.717) is 28.9 Å². The molecule has 0 atom stereocenters. The molecule has 9 aromatic carbocycles. The molecule has 0 saturated carbocycles. The van der Waals surface area contributed by atoms with Crippen LogP contribution in [0.15, 0.2) is 191 Å². The van der Waals surface area contributed by atoms with Crippen molar-refractivity contribution in [2.45, 2.75) is 0 Å². The first kappa shape index (κ1) is 32.3. The minimum absolute atomic E-state index is 0.569. The molecule has 12 rings (SSSR count). The van der Waals surface area contributed by atoms with Crippen LogP contribution < -0.4 is 0 Å². The van der Waals surface area contributed by atoms with Crippen molar-refractivity contribution < 1.29 is 8.83 Å². The van der Waals surface area contributed by atoms with Crippen LogP contribution in [0.25, 0.3) is 122 Å². The maximum atomic E-state index is 6.64. The molecule has 270 valence electrons. The van der Waals surface area contributed by atoms with Crippen molar-refractivity contribution >= 4 is 65.4 Å². The lowest BCUT2D eigenvalue weighted by Gasteiger charge is -2.11. The fraction of sp³-hybridized carbons (Fsp3) is 0. The number of hydrogen-bond acceptors (Lipinski definition) is 6. The molecule has 0 aliphatic heterocycles. The van der Waals surface area contributed by atoms with E-state index in [1.807, 2.05) is 60.7 Å². The molecule has 3 heterocycles. The fourth-order valence-electron chi connectivity index (χ4n) is 8.30. The van der Waals surface area contributed by atoms with Crippen LogP contribution >= 0.6 is 0 Å². The largest absolute Gasteiger partial charge is 0.456 e. The number of oxazole rings is 1. The number of nitrogens with zero attached hydrogens (tertiary/aromatic N) is 4. The normalized spacial score (nSPS) is 11.8. The summed E-state index contributed by atoms with van der Waals surface area (Å²) in [4.78, 5) is 20.3. The van der Waals surface area contributed by atoms with Gasteiger partial charge >= 0.3 is 0 Å². The average molecular weight is 743 g/mol. The van der Waals surface area contributed by atoms with Gasteiger partial charge in [0.25, 0.3) is 0 Å². The predicted octanol–water partition coefficient (Wildman–Crippen LogP) is 13.7. The van der Waals surface area contributed by atoms with Crippen molar-refractivity contribution in [3.8, 4) is 56.7 Å². The second-order valence-electron chi connectivity index (χ2n) is 14.6. The third-order valence-corrected chi connectivity index (χ3v) is 11.1. The van der Waals surface area contributed by atoms with E-state index in [4.69, 9.17) is 28.8 Å². The highest BCUT2D eigenvalue weighted by molar-refractivity contribution is 6.25. The molecule has 0 aliphatic carbocycles. The van der Waals surface area contributed by atoms with E-state index in [-0.39, 0.29) is 0 Å². The molecule has 6 heteroatoms. The summed E-state index contributed by atoms with van der Waals surface area (Å²) in [6.45, 7) is 0. The fourth-order valence-corrected chi connectivity index (χ4v) is 8.30. The Morgan fingerprint density at radius 2 is 0.931 bits per heavy atom. The minimum Gasteiger partial charge on any atom is -0.456 e. The minimum atomic E-state index is 0.569. The molecular weight excluding hydrogens is 713 g/mol. The second kappa shape index (κ2) is 12.8. The van der Waals surface area contributed by atoms with Crippen molar-refractivity contribution in [1.29, 1.82) is 0 Å². The molecule has 0 unspecified atom stereocenters. The van der Waals surface area contributed by atoms with E-state index in [0.717, 1.165) is 77.0 Å². The van der Waals surface area contributed by atoms with Gasteiger partial charge in [0.05, 0.1) is 5.39 Å². The zero-order valence-electron chi connectivity index (χ0n) is 30.9. The molecule has 58 heavy (non-hydrogen) atoms. The van der Waals surface area contributed by atoms with Crippen LogP contribution in [0.1, 0.15) is 0 Å². The standard InChI is InChI=1S/C52H30N4O2/c1-2-12-34(13-3-1)49-54-50(37-17-8-16-36(29-37)41-19-9-15-32-11-6-7-18-40(32)41)56-51(55-49)38-22-21-33-24-26-44-46(42(33)30-38)47-45(57-44)27-25-43-48(47)58-52(53-43)39-23-20-31-10-4-5-14-35(31)28-39/h1-30H. The number of rotatable bonds is 5. The van der Waals surface area contributed by atoms with Gasteiger partial charge in [-0.1, -0.05) is 140 Å². The van der Waals surface area contributed by atoms with Crippen LogP contribution in [0.2, 0.25) is 0 Å². The molecule has 0 N–H and O–H groups in total. The number of benzene rings is 9. The second-order valence-corrected chi connectivity index (χ2v) is 14.6. The summed E-state index contributed by atoms with van der Waals surface area (Å²) in [5, 5.41) is 8.62. The lowest BCUT2D eigenvalue weighted by Crippen LogP contribution is -2.00. The topological polar surface area (TPSA) is 77.8 Å². The SMILES string of the molecule is c1ccc(-c2nc(-c3cccc(-c4cccc5ccccc45)c3)nc(-c3ccc4ccc5oc6ccc7nc(-c8ccc9ccccc9c8)oc7c6c5c4c3)n2)cc1. The van der Waals surface area contributed by atoms with Gasteiger partial charge < -0.3 is 8.83 Å². The van der Waals surface area contributed by atoms with E-state index in [2.05, 4.69) is 121 Å². The average Bonchev–Trinajstić information content (AvgIpc) is 3.91. The van der Waals surface area contributed by atoms with Crippen molar-refractivity contribution in [2.75, 3.05) is 0 Å². The van der Waals surface area contributed by atoms with Crippen molar-refractivity contribution in [1.82, 2.24) is 19.9 Å². The van der Waals surface area contributed by atoms with Crippen LogP contribution in [0, 0.1) is 0 Å². The molecule has 0 fully saturated rings. The molecule has 6 nitrogen and oxygen atoms in total. The van der Waals surface area contributed by atoms with Crippen molar-refractivity contribution in [3.05, 3.63) is 182 Å². The van der Waals surface area contributed by atoms with E-state index < -0.39 is 0 Å². The maximum Gasteiger partial charge on any atom is 0.227 e. The highest BCUT2D eigenvalue weighted by Crippen LogP contribution is 2.41. The molecule has 0 aliphatic rings. The van der Waals surface area contributed by atoms with Crippen molar-refractivity contribution in [2.24, 2.45) is 0 Å². The van der Waals surface area contributed by atoms with Gasteiger partial charge in [0, 0.05) is 27.6 Å². The van der Waals surface area contributed by atoms with Crippen LogP contribution in [0.4, 0.5) is 0 Å². The summed E-state index contributed by atoms with van der Waals surface area (Å²) in [7, 11) is 0. The Balaban J connectivity index is 1.03. The van der Waals surface area contributed by atoms with E-state index in [9.17, 15) is 0 Å². The van der Waals surface area contributed by atoms with E-state index in [1.165, 1.54) is 16.2 Å². The van der Waals surface area contributed by atoms with Crippen LogP contribution in [0.3, 0.4) is 0 Å². The molecular formula is C52H30N4O2. The van der Waals surface area contributed by atoms with Gasteiger partial charge in [-0.2, -0.15) is 0 Å². The molecule has 3 aromatic heterocycles. The van der Waals surface area contributed by atoms with Crippen LogP contribution in [-0.4, -0.2) is 19.9 Å². The first-order chi connectivity index (χ1) is 28.7. The van der Waals surface area contributed by atoms with Crippen molar-refractivity contribution in [3.63, 3.8) is 0 Å². The van der Waals surface area contributed by atoms with E-state index >= 15 is 0 Å². The molecule has 12 aromatic rings. The Morgan fingerprint density at radius 1 is 0.328 bits per heavy atom. The summed E-state index contributed by atoms with van der Waals surface area (Å²) in [6, 6.07) is 62.5. The van der Waals surface area contributed by atoms with Crippen LogP contribution in [0.5, 0.6) is 0 Å². The molecule has 0 saturated heterocycles. The Hall–Kier alpha value is -7.96. The predicted molar refractivity (Wildman–Crippen MR) is 234 cm³/mol. The number of fused-ring (bicyclic) bond motifs is 9. The molecule has 0 spiro atoms. The number of furan rings is 1. The van der Waals surface area contributed by atoms with Crippen LogP contribution in [-0.2, 0) is 0 Å². The smallest absolute Gasteiger partial charge is 0.227 e.